The highest BCUT2D eigenvalue weighted by Gasteiger charge is 2.18. The maximum absolute atomic E-state index is 11.9. The Morgan fingerprint density at radius 1 is 1.35 bits per heavy atom. The molecule has 0 saturated heterocycles. The van der Waals surface area contributed by atoms with E-state index in [2.05, 4.69) is 5.32 Å². The molecule has 4 heteroatoms. The lowest BCUT2D eigenvalue weighted by Gasteiger charge is -2.26. The summed E-state index contributed by atoms with van der Waals surface area (Å²) in [4.78, 5) is 11.9. The summed E-state index contributed by atoms with van der Waals surface area (Å²) in [7, 11) is 1.63. The van der Waals surface area contributed by atoms with Crippen LogP contribution in [0.4, 0.5) is 0 Å². The Kier molecular flexibility index (Phi) is 5.41. The van der Waals surface area contributed by atoms with Crippen molar-refractivity contribution in [2.75, 3.05) is 13.7 Å². The molecule has 0 unspecified atom stereocenters. The van der Waals surface area contributed by atoms with Crippen LogP contribution in [0, 0.1) is 5.92 Å². The second-order valence-electron chi connectivity index (χ2n) is 5.61. The van der Waals surface area contributed by atoms with Crippen LogP contribution in [0.1, 0.15) is 31.2 Å². The minimum atomic E-state index is 0.0770. The number of amides is 1. The molecule has 1 aromatic rings. The zero-order chi connectivity index (χ0) is 14.4. The largest absolute Gasteiger partial charge is 0.497 e. The predicted molar refractivity (Wildman–Crippen MR) is 79.6 cm³/mol. The molecule has 2 rings (SSSR count). The van der Waals surface area contributed by atoms with Gasteiger partial charge in [0.05, 0.1) is 13.5 Å². The number of rotatable bonds is 5. The Bertz CT molecular complexity index is 440. The summed E-state index contributed by atoms with van der Waals surface area (Å²) in [6.45, 7) is 0.773. The molecule has 1 aromatic carbocycles. The van der Waals surface area contributed by atoms with E-state index in [1.165, 1.54) is 0 Å². The lowest BCUT2D eigenvalue weighted by Crippen LogP contribution is -2.34. The standard InChI is InChI=1S/C16H24N2O2/c1-20-15-4-2-3-13(9-15)10-16(19)18-11-12-5-7-14(17)8-6-12/h2-4,9,12,14H,5-8,10-11,17H2,1H3,(H,18,19). The van der Waals surface area contributed by atoms with Crippen LogP contribution in [0.3, 0.4) is 0 Å². The van der Waals surface area contributed by atoms with E-state index >= 15 is 0 Å². The SMILES string of the molecule is COc1cccc(CC(=O)NCC2CCC(N)CC2)c1. The molecule has 1 aliphatic carbocycles. The van der Waals surface area contributed by atoms with Gasteiger partial charge in [0.1, 0.15) is 5.75 Å². The van der Waals surface area contributed by atoms with Crippen LogP contribution in [0.2, 0.25) is 0 Å². The van der Waals surface area contributed by atoms with Gasteiger partial charge in [0, 0.05) is 12.6 Å². The van der Waals surface area contributed by atoms with Gasteiger partial charge in [0.2, 0.25) is 5.91 Å². The number of methoxy groups -OCH3 is 1. The number of hydrogen-bond donors (Lipinski definition) is 2. The fourth-order valence-corrected chi connectivity index (χ4v) is 2.68. The van der Waals surface area contributed by atoms with E-state index in [1.807, 2.05) is 24.3 Å². The van der Waals surface area contributed by atoms with Crippen molar-refractivity contribution in [3.8, 4) is 5.75 Å². The van der Waals surface area contributed by atoms with Gasteiger partial charge in [-0.1, -0.05) is 12.1 Å². The van der Waals surface area contributed by atoms with Crippen LogP contribution in [-0.4, -0.2) is 25.6 Å². The number of carbonyl (C=O) groups is 1. The quantitative estimate of drug-likeness (QED) is 0.863. The van der Waals surface area contributed by atoms with Crippen LogP contribution < -0.4 is 15.8 Å². The van der Waals surface area contributed by atoms with Gasteiger partial charge in [-0.05, 0) is 49.3 Å². The molecule has 0 aromatic heterocycles. The Morgan fingerprint density at radius 3 is 2.80 bits per heavy atom. The molecule has 0 radical (unpaired) electrons. The summed E-state index contributed by atoms with van der Waals surface area (Å²) in [5, 5.41) is 3.03. The van der Waals surface area contributed by atoms with Crippen LogP contribution >= 0.6 is 0 Å². The van der Waals surface area contributed by atoms with Gasteiger partial charge in [-0.3, -0.25) is 4.79 Å². The number of carbonyl (C=O) groups excluding carboxylic acids is 1. The lowest BCUT2D eigenvalue weighted by molar-refractivity contribution is -0.120. The van der Waals surface area contributed by atoms with E-state index in [0.717, 1.165) is 43.5 Å². The maximum atomic E-state index is 11.9. The van der Waals surface area contributed by atoms with Gasteiger partial charge >= 0.3 is 0 Å². The molecule has 0 spiro atoms. The summed E-state index contributed by atoms with van der Waals surface area (Å²) in [6.07, 6.45) is 4.82. The summed E-state index contributed by atoms with van der Waals surface area (Å²) < 4.78 is 5.16. The third kappa shape index (κ3) is 4.53. The number of ether oxygens (including phenoxy) is 1. The van der Waals surface area contributed by atoms with Crippen LogP contribution in [0.25, 0.3) is 0 Å². The minimum Gasteiger partial charge on any atom is -0.497 e. The Hall–Kier alpha value is -1.55. The van der Waals surface area contributed by atoms with E-state index in [-0.39, 0.29) is 5.91 Å². The zero-order valence-electron chi connectivity index (χ0n) is 12.1. The fourth-order valence-electron chi connectivity index (χ4n) is 2.68. The second-order valence-corrected chi connectivity index (χ2v) is 5.61. The molecule has 3 N–H and O–H groups in total. The number of hydrogen-bond acceptors (Lipinski definition) is 3. The smallest absolute Gasteiger partial charge is 0.224 e. The normalized spacial score (nSPS) is 22.3. The topological polar surface area (TPSA) is 64.3 Å². The molecule has 4 nitrogen and oxygen atoms in total. The molecule has 110 valence electrons. The monoisotopic (exact) mass is 276 g/mol. The molecule has 0 atom stereocenters. The number of nitrogens with two attached hydrogens (primary N) is 1. The van der Waals surface area contributed by atoms with Crippen molar-refractivity contribution in [3.05, 3.63) is 29.8 Å². The first-order valence-corrected chi connectivity index (χ1v) is 7.32. The molecule has 1 amide bonds. The van der Waals surface area contributed by atoms with Crippen molar-refractivity contribution in [3.63, 3.8) is 0 Å². The first-order chi connectivity index (χ1) is 9.67. The molecule has 1 aliphatic rings. The summed E-state index contributed by atoms with van der Waals surface area (Å²) in [5.74, 6) is 1.45. The summed E-state index contributed by atoms with van der Waals surface area (Å²) in [5.41, 5.74) is 6.86. The van der Waals surface area contributed by atoms with E-state index in [0.29, 0.717) is 18.4 Å². The Morgan fingerprint density at radius 2 is 2.10 bits per heavy atom. The van der Waals surface area contributed by atoms with E-state index in [4.69, 9.17) is 10.5 Å². The van der Waals surface area contributed by atoms with Gasteiger partial charge in [0.15, 0.2) is 0 Å². The third-order valence-corrected chi connectivity index (χ3v) is 3.98. The summed E-state index contributed by atoms with van der Waals surface area (Å²) in [6, 6.07) is 8.00. The first kappa shape index (κ1) is 14.9. The third-order valence-electron chi connectivity index (χ3n) is 3.98. The van der Waals surface area contributed by atoms with Gasteiger partial charge in [-0.25, -0.2) is 0 Å². The summed E-state index contributed by atoms with van der Waals surface area (Å²) >= 11 is 0. The maximum Gasteiger partial charge on any atom is 0.224 e. The Labute approximate surface area is 120 Å². The van der Waals surface area contributed by atoms with Gasteiger partial charge in [0.25, 0.3) is 0 Å². The van der Waals surface area contributed by atoms with Crippen molar-refractivity contribution in [1.29, 1.82) is 0 Å². The molecule has 1 fully saturated rings. The van der Waals surface area contributed by atoms with Crippen LogP contribution in [-0.2, 0) is 11.2 Å². The van der Waals surface area contributed by atoms with E-state index < -0.39 is 0 Å². The lowest BCUT2D eigenvalue weighted by atomic mass is 9.86. The highest BCUT2D eigenvalue weighted by atomic mass is 16.5. The van der Waals surface area contributed by atoms with Crippen molar-refractivity contribution in [2.45, 2.75) is 38.1 Å². The highest BCUT2D eigenvalue weighted by Crippen LogP contribution is 2.22. The van der Waals surface area contributed by atoms with Gasteiger partial charge < -0.3 is 15.8 Å². The molecule has 20 heavy (non-hydrogen) atoms. The van der Waals surface area contributed by atoms with Crippen molar-refractivity contribution in [2.24, 2.45) is 11.7 Å². The van der Waals surface area contributed by atoms with Crippen molar-refractivity contribution >= 4 is 5.91 Å². The van der Waals surface area contributed by atoms with E-state index in [1.54, 1.807) is 7.11 Å². The average Bonchev–Trinajstić information content (AvgIpc) is 2.47. The first-order valence-electron chi connectivity index (χ1n) is 7.32. The molecular formula is C16H24N2O2. The van der Waals surface area contributed by atoms with Crippen molar-refractivity contribution in [1.82, 2.24) is 5.32 Å². The Balaban J connectivity index is 1.74. The van der Waals surface area contributed by atoms with Gasteiger partial charge in [-0.15, -0.1) is 0 Å². The predicted octanol–water partition coefficient (Wildman–Crippen LogP) is 1.87. The molecular weight excluding hydrogens is 252 g/mol. The zero-order valence-corrected chi connectivity index (χ0v) is 12.1. The molecule has 0 heterocycles. The average molecular weight is 276 g/mol. The molecule has 1 saturated carbocycles. The molecule has 0 aliphatic heterocycles. The van der Waals surface area contributed by atoms with E-state index in [9.17, 15) is 4.79 Å². The van der Waals surface area contributed by atoms with Gasteiger partial charge in [-0.2, -0.15) is 0 Å². The van der Waals surface area contributed by atoms with Crippen LogP contribution in [0.5, 0.6) is 5.75 Å². The second kappa shape index (κ2) is 7.29. The molecule has 0 bridgehead atoms. The number of benzene rings is 1. The highest BCUT2D eigenvalue weighted by molar-refractivity contribution is 5.78. The van der Waals surface area contributed by atoms with Crippen molar-refractivity contribution < 1.29 is 9.53 Å². The van der Waals surface area contributed by atoms with Crippen LogP contribution in [0.15, 0.2) is 24.3 Å². The number of nitrogens with one attached hydrogen (secondary N) is 1. The minimum absolute atomic E-state index is 0.0770. The fraction of sp³-hybridized carbons (Fsp3) is 0.562.